The molecule has 2 rings (SSSR count). The SMILES string of the molecule is CN1CCC(=O)C1c1ccc(Br)cc1. The van der Waals surface area contributed by atoms with E-state index in [0.29, 0.717) is 12.2 Å². The van der Waals surface area contributed by atoms with E-state index in [1.54, 1.807) is 0 Å². The quantitative estimate of drug-likeness (QED) is 0.767. The highest BCUT2D eigenvalue weighted by atomic mass is 79.9. The molecular weight excluding hydrogens is 242 g/mol. The normalized spacial score (nSPS) is 23.0. The molecule has 1 aliphatic heterocycles. The zero-order valence-corrected chi connectivity index (χ0v) is 9.62. The smallest absolute Gasteiger partial charge is 0.155 e. The number of halogens is 1. The van der Waals surface area contributed by atoms with Crippen molar-refractivity contribution in [2.24, 2.45) is 0 Å². The molecule has 1 aromatic carbocycles. The highest BCUT2D eigenvalue weighted by Crippen LogP contribution is 2.27. The van der Waals surface area contributed by atoms with Crippen LogP contribution in [-0.4, -0.2) is 24.3 Å². The minimum absolute atomic E-state index is 0.0249. The summed E-state index contributed by atoms with van der Waals surface area (Å²) in [6, 6.07) is 7.95. The van der Waals surface area contributed by atoms with E-state index in [1.165, 1.54) is 0 Å². The zero-order valence-electron chi connectivity index (χ0n) is 8.03. The summed E-state index contributed by atoms with van der Waals surface area (Å²) in [6.45, 7) is 0.875. The fraction of sp³-hybridized carbons (Fsp3) is 0.364. The fourth-order valence-corrected chi connectivity index (χ4v) is 2.15. The number of carbonyl (C=O) groups excluding carboxylic acids is 1. The number of likely N-dealkylation sites (N-methyl/N-ethyl adjacent to an activating group) is 1. The van der Waals surface area contributed by atoms with Crippen molar-refractivity contribution >= 4 is 21.7 Å². The summed E-state index contributed by atoms with van der Waals surface area (Å²) in [4.78, 5) is 13.7. The molecule has 0 radical (unpaired) electrons. The molecule has 1 aromatic rings. The Morgan fingerprint density at radius 2 is 2.00 bits per heavy atom. The number of carbonyl (C=O) groups is 1. The lowest BCUT2D eigenvalue weighted by molar-refractivity contribution is -0.119. The Morgan fingerprint density at radius 1 is 1.36 bits per heavy atom. The third kappa shape index (κ3) is 1.74. The monoisotopic (exact) mass is 253 g/mol. The summed E-state index contributed by atoms with van der Waals surface area (Å²) in [5.41, 5.74) is 1.10. The lowest BCUT2D eigenvalue weighted by Gasteiger charge is -2.18. The lowest BCUT2D eigenvalue weighted by Crippen LogP contribution is -2.20. The van der Waals surface area contributed by atoms with E-state index in [4.69, 9.17) is 0 Å². The second kappa shape index (κ2) is 3.83. The Labute approximate surface area is 92.0 Å². The van der Waals surface area contributed by atoms with Gasteiger partial charge in [-0.25, -0.2) is 0 Å². The van der Waals surface area contributed by atoms with Crippen LogP contribution in [0.5, 0.6) is 0 Å². The van der Waals surface area contributed by atoms with Crippen LogP contribution in [0.25, 0.3) is 0 Å². The molecule has 2 nitrogen and oxygen atoms in total. The van der Waals surface area contributed by atoms with Gasteiger partial charge < -0.3 is 0 Å². The zero-order chi connectivity index (χ0) is 10.1. The molecule has 1 fully saturated rings. The first-order valence-corrected chi connectivity index (χ1v) is 5.46. The Bertz CT molecular complexity index is 347. The van der Waals surface area contributed by atoms with Crippen molar-refractivity contribution in [3.05, 3.63) is 34.3 Å². The molecule has 14 heavy (non-hydrogen) atoms. The summed E-state index contributed by atoms with van der Waals surface area (Å²) in [5, 5.41) is 0. The Hall–Kier alpha value is -0.670. The first-order valence-electron chi connectivity index (χ1n) is 4.67. The van der Waals surface area contributed by atoms with Gasteiger partial charge in [-0.3, -0.25) is 9.69 Å². The summed E-state index contributed by atoms with van der Waals surface area (Å²) in [6.07, 6.45) is 0.678. The molecule has 74 valence electrons. The molecule has 0 saturated carbocycles. The van der Waals surface area contributed by atoms with E-state index in [-0.39, 0.29) is 6.04 Å². The largest absolute Gasteiger partial charge is 0.297 e. The van der Waals surface area contributed by atoms with Gasteiger partial charge in [0.25, 0.3) is 0 Å². The lowest BCUT2D eigenvalue weighted by atomic mass is 10.0. The number of likely N-dealkylation sites (tertiary alicyclic amines) is 1. The van der Waals surface area contributed by atoms with Gasteiger partial charge in [0, 0.05) is 17.4 Å². The summed E-state index contributed by atoms with van der Waals surface area (Å²) in [5.74, 6) is 0.329. The van der Waals surface area contributed by atoms with E-state index in [0.717, 1.165) is 16.6 Å². The van der Waals surface area contributed by atoms with E-state index < -0.39 is 0 Å². The van der Waals surface area contributed by atoms with Crippen molar-refractivity contribution in [1.29, 1.82) is 0 Å². The van der Waals surface area contributed by atoms with Gasteiger partial charge in [0.15, 0.2) is 5.78 Å². The summed E-state index contributed by atoms with van der Waals surface area (Å²) in [7, 11) is 2.00. The van der Waals surface area contributed by atoms with Gasteiger partial charge in [-0.2, -0.15) is 0 Å². The van der Waals surface area contributed by atoms with Gasteiger partial charge >= 0.3 is 0 Å². The van der Waals surface area contributed by atoms with Crippen molar-refractivity contribution in [3.63, 3.8) is 0 Å². The van der Waals surface area contributed by atoms with E-state index in [1.807, 2.05) is 31.3 Å². The minimum Gasteiger partial charge on any atom is -0.297 e. The number of rotatable bonds is 1. The van der Waals surface area contributed by atoms with E-state index in [2.05, 4.69) is 20.8 Å². The molecule has 0 N–H and O–H groups in total. The predicted octanol–water partition coefficient (Wildman–Crippen LogP) is 2.39. The number of benzene rings is 1. The minimum atomic E-state index is -0.0249. The molecule has 1 aliphatic rings. The van der Waals surface area contributed by atoms with Crippen LogP contribution in [0.4, 0.5) is 0 Å². The maximum atomic E-state index is 11.6. The van der Waals surface area contributed by atoms with Crippen molar-refractivity contribution in [2.75, 3.05) is 13.6 Å². The van der Waals surface area contributed by atoms with Crippen LogP contribution in [0.2, 0.25) is 0 Å². The highest BCUT2D eigenvalue weighted by Gasteiger charge is 2.30. The third-order valence-electron chi connectivity index (χ3n) is 2.64. The predicted molar refractivity (Wildman–Crippen MR) is 59.1 cm³/mol. The molecule has 1 heterocycles. The first-order chi connectivity index (χ1) is 6.68. The molecule has 0 aromatic heterocycles. The fourth-order valence-electron chi connectivity index (χ4n) is 1.88. The number of Topliss-reactive ketones (excluding diaryl/α,β-unsaturated/α-hetero) is 1. The molecular formula is C11H12BrNO. The van der Waals surface area contributed by atoms with Crippen LogP contribution in [0.15, 0.2) is 28.7 Å². The van der Waals surface area contributed by atoms with Gasteiger partial charge in [-0.15, -0.1) is 0 Å². The second-order valence-corrected chi connectivity index (χ2v) is 4.57. The first kappa shape index (κ1) is 9.87. The van der Waals surface area contributed by atoms with Crippen molar-refractivity contribution in [2.45, 2.75) is 12.5 Å². The van der Waals surface area contributed by atoms with Crippen LogP contribution in [-0.2, 0) is 4.79 Å². The maximum absolute atomic E-state index is 11.6. The topological polar surface area (TPSA) is 20.3 Å². The van der Waals surface area contributed by atoms with Crippen molar-refractivity contribution in [1.82, 2.24) is 4.90 Å². The van der Waals surface area contributed by atoms with Gasteiger partial charge in [-0.1, -0.05) is 28.1 Å². The van der Waals surface area contributed by atoms with Gasteiger partial charge in [-0.05, 0) is 24.7 Å². The number of ketones is 1. The number of hydrogen-bond acceptors (Lipinski definition) is 2. The highest BCUT2D eigenvalue weighted by molar-refractivity contribution is 9.10. The molecule has 0 amide bonds. The summed E-state index contributed by atoms with van der Waals surface area (Å²) >= 11 is 3.39. The van der Waals surface area contributed by atoms with E-state index in [9.17, 15) is 4.79 Å². The second-order valence-electron chi connectivity index (χ2n) is 3.65. The average molecular weight is 254 g/mol. The molecule has 1 atom stereocenters. The van der Waals surface area contributed by atoms with Crippen molar-refractivity contribution < 1.29 is 4.79 Å². The van der Waals surface area contributed by atoms with Gasteiger partial charge in [0.1, 0.15) is 0 Å². The molecule has 0 bridgehead atoms. The number of hydrogen-bond donors (Lipinski definition) is 0. The molecule has 0 aliphatic carbocycles. The Balaban J connectivity index is 2.30. The van der Waals surface area contributed by atoms with Gasteiger partial charge in [0.2, 0.25) is 0 Å². The van der Waals surface area contributed by atoms with Crippen LogP contribution in [0, 0.1) is 0 Å². The van der Waals surface area contributed by atoms with Crippen LogP contribution < -0.4 is 0 Å². The summed E-state index contributed by atoms with van der Waals surface area (Å²) < 4.78 is 1.05. The van der Waals surface area contributed by atoms with Crippen LogP contribution in [0.3, 0.4) is 0 Å². The molecule has 3 heteroatoms. The Kier molecular flexibility index (Phi) is 2.70. The molecule has 1 saturated heterocycles. The van der Waals surface area contributed by atoms with Crippen molar-refractivity contribution in [3.8, 4) is 0 Å². The van der Waals surface area contributed by atoms with Gasteiger partial charge in [0.05, 0.1) is 6.04 Å². The maximum Gasteiger partial charge on any atom is 0.155 e. The molecule has 1 unspecified atom stereocenters. The third-order valence-corrected chi connectivity index (χ3v) is 3.17. The standard InChI is InChI=1S/C11H12BrNO/c1-13-7-6-10(14)11(13)8-2-4-9(12)5-3-8/h2-5,11H,6-7H2,1H3. The van der Waals surface area contributed by atoms with E-state index >= 15 is 0 Å². The molecule has 0 spiro atoms. The Morgan fingerprint density at radius 3 is 2.50 bits per heavy atom. The van der Waals surface area contributed by atoms with Crippen LogP contribution >= 0.6 is 15.9 Å². The number of nitrogens with zero attached hydrogens (tertiary/aromatic N) is 1. The van der Waals surface area contributed by atoms with Crippen LogP contribution in [0.1, 0.15) is 18.0 Å². The average Bonchev–Trinajstić information content (AvgIpc) is 2.49.